The van der Waals surface area contributed by atoms with Gasteiger partial charge in [-0.25, -0.2) is 0 Å². The highest BCUT2D eigenvalue weighted by Crippen LogP contribution is 2.25. The number of carbonyl (C=O) groups is 2. The number of carbonyl (C=O) groups excluding carboxylic acids is 2. The van der Waals surface area contributed by atoms with E-state index in [-0.39, 0.29) is 22.9 Å². The van der Waals surface area contributed by atoms with Crippen LogP contribution in [0.5, 0.6) is 0 Å². The van der Waals surface area contributed by atoms with E-state index in [1.165, 1.54) is 18.7 Å². The fourth-order valence-electron chi connectivity index (χ4n) is 4.50. The number of nitrogens with zero attached hydrogens (tertiary/aromatic N) is 4. The van der Waals surface area contributed by atoms with Crippen LogP contribution in [0.4, 0.5) is 0 Å². The number of aromatic nitrogens is 5. The quantitative estimate of drug-likeness (QED) is 0.202. The molecule has 1 aromatic carbocycles. The normalized spacial score (nSPS) is 11.5. The molecule has 4 aromatic rings. The largest absolute Gasteiger partial charge is 0.355 e. The van der Waals surface area contributed by atoms with Gasteiger partial charge in [-0.1, -0.05) is 50.6 Å². The number of para-hydroxylation sites is 1. The Morgan fingerprint density at radius 2 is 1.88 bits per heavy atom. The van der Waals surface area contributed by atoms with E-state index in [1.807, 2.05) is 42.5 Å². The van der Waals surface area contributed by atoms with Crippen LogP contribution >= 0.6 is 11.8 Å². The van der Waals surface area contributed by atoms with Crippen molar-refractivity contribution in [1.29, 1.82) is 0 Å². The van der Waals surface area contributed by atoms with E-state index in [0.717, 1.165) is 30.3 Å². The molecule has 4 rings (SSSR count). The molecule has 0 saturated heterocycles. The summed E-state index contributed by atoms with van der Waals surface area (Å²) in [7, 11) is 0. The Labute approximate surface area is 201 Å². The molecule has 0 aliphatic heterocycles. The Bertz CT molecular complexity index is 1450. The number of hydrogen-bond acceptors (Lipinski definition) is 6. The highest BCUT2D eigenvalue weighted by molar-refractivity contribution is 7.99. The molecular weight excluding hydrogens is 450 g/mol. The molecule has 3 heterocycles. The third kappa shape index (κ3) is 4.20. The number of H-pyrrole nitrogens is 1. The van der Waals surface area contributed by atoms with E-state index in [4.69, 9.17) is 0 Å². The summed E-state index contributed by atoms with van der Waals surface area (Å²) < 4.78 is 3.54. The average Bonchev–Trinajstić information content (AvgIpc) is 3.40. The summed E-state index contributed by atoms with van der Waals surface area (Å²) >= 11 is 1.28. The Hall–Kier alpha value is -3.20. The van der Waals surface area contributed by atoms with Crippen molar-refractivity contribution in [3.05, 3.63) is 57.1 Å². The molecule has 9 heteroatoms. The second-order valence-corrected chi connectivity index (χ2v) is 9.34. The van der Waals surface area contributed by atoms with Crippen molar-refractivity contribution in [3.63, 3.8) is 0 Å². The van der Waals surface area contributed by atoms with E-state index in [0.29, 0.717) is 46.2 Å². The lowest BCUT2D eigenvalue weighted by Crippen LogP contribution is -2.23. The number of nitrogens with one attached hydrogen (secondary N) is 1. The lowest BCUT2D eigenvalue weighted by atomic mass is 10.0. The molecule has 34 heavy (non-hydrogen) atoms. The summed E-state index contributed by atoms with van der Waals surface area (Å²) in [6.07, 6.45) is 3.54. The van der Waals surface area contributed by atoms with Crippen LogP contribution in [0.3, 0.4) is 0 Å². The minimum atomic E-state index is -0.102. The Balaban J connectivity index is 1.71. The summed E-state index contributed by atoms with van der Waals surface area (Å²) in [5.41, 5.74) is 3.20. The number of aromatic amines is 1. The van der Waals surface area contributed by atoms with Gasteiger partial charge in [-0.3, -0.25) is 23.4 Å². The predicted molar refractivity (Wildman–Crippen MR) is 134 cm³/mol. The maximum absolute atomic E-state index is 13.1. The Morgan fingerprint density at radius 1 is 1.12 bits per heavy atom. The Morgan fingerprint density at radius 3 is 2.59 bits per heavy atom. The van der Waals surface area contributed by atoms with Gasteiger partial charge in [0.15, 0.2) is 16.7 Å². The number of Topliss-reactive ketones (excluding diaryl/α,β-unsaturated/α-hetero) is 2. The molecule has 0 bridgehead atoms. The van der Waals surface area contributed by atoms with E-state index in [2.05, 4.69) is 22.1 Å². The molecule has 0 spiro atoms. The third-order valence-electron chi connectivity index (χ3n) is 6.07. The second-order valence-electron chi connectivity index (χ2n) is 8.40. The molecule has 0 aliphatic carbocycles. The number of ketones is 2. The van der Waals surface area contributed by atoms with Gasteiger partial charge >= 0.3 is 0 Å². The molecule has 178 valence electrons. The molecule has 0 amide bonds. The van der Waals surface area contributed by atoms with Crippen LogP contribution in [0.15, 0.2) is 34.2 Å². The predicted octanol–water partition coefficient (Wildman–Crippen LogP) is 4.61. The molecule has 3 aromatic heterocycles. The van der Waals surface area contributed by atoms with Gasteiger partial charge in [-0.05, 0) is 44.4 Å². The first-order valence-corrected chi connectivity index (χ1v) is 12.6. The molecule has 0 fully saturated rings. The number of aryl methyl sites for hydroxylation is 2. The van der Waals surface area contributed by atoms with Gasteiger partial charge in [-0.15, -0.1) is 10.2 Å². The Kier molecular flexibility index (Phi) is 7.02. The fraction of sp³-hybridized carbons (Fsp3) is 0.400. The van der Waals surface area contributed by atoms with Crippen molar-refractivity contribution < 1.29 is 9.59 Å². The summed E-state index contributed by atoms with van der Waals surface area (Å²) in [6.45, 7) is 7.96. The van der Waals surface area contributed by atoms with Gasteiger partial charge in [0, 0.05) is 17.8 Å². The highest BCUT2D eigenvalue weighted by atomic mass is 32.2. The van der Waals surface area contributed by atoms with Crippen molar-refractivity contribution >= 4 is 40.0 Å². The first-order chi connectivity index (χ1) is 16.4. The molecular formula is C25H29N5O3S. The van der Waals surface area contributed by atoms with Crippen LogP contribution in [-0.4, -0.2) is 41.5 Å². The summed E-state index contributed by atoms with van der Waals surface area (Å²) in [4.78, 5) is 41.5. The zero-order chi connectivity index (χ0) is 24.4. The molecule has 0 unspecified atom stereocenters. The van der Waals surface area contributed by atoms with Crippen molar-refractivity contribution in [3.8, 4) is 0 Å². The van der Waals surface area contributed by atoms with E-state index >= 15 is 0 Å². The van der Waals surface area contributed by atoms with E-state index in [1.54, 1.807) is 4.57 Å². The summed E-state index contributed by atoms with van der Waals surface area (Å²) in [6, 6.07) is 7.41. The SMILES string of the molecule is CCCCCn1c(=O)c2ccccc2n2c(SCC(=O)c3[nH]c(C)c(C(C)=O)c3CC)nnc12. The van der Waals surface area contributed by atoms with Crippen LogP contribution in [-0.2, 0) is 13.0 Å². The first kappa shape index (κ1) is 23.9. The van der Waals surface area contributed by atoms with Crippen LogP contribution in [0.1, 0.15) is 72.1 Å². The minimum absolute atomic E-state index is 0.0479. The summed E-state index contributed by atoms with van der Waals surface area (Å²) in [5, 5.41) is 9.81. The molecule has 0 aliphatic rings. The smallest absolute Gasteiger partial charge is 0.262 e. The van der Waals surface area contributed by atoms with Crippen LogP contribution in [0, 0.1) is 6.92 Å². The van der Waals surface area contributed by atoms with Crippen molar-refractivity contribution in [2.75, 3.05) is 5.75 Å². The van der Waals surface area contributed by atoms with E-state index in [9.17, 15) is 14.4 Å². The lowest BCUT2D eigenvalue weighted by molar-refractivity contribution is 0.101. The monoisotopic (exact) mass is 479 g/mol. The molecule has 0 radical (unpaired) electrons. The standard InChI is InChI=1S/C25H29N5O3S/c1-5-7-10-13-29-23(33)18-11-8-9-12-19(18)30-24(29)27-28-25(30)34-14-20(32)22-17(6-2)21(16(4)31)15(3)26-22/h8-9,11-12,26H,5-7,10,13-14H2,1-4H3. The van der Waals surface area contributed by atoms with Crippen molar-refractivity contribution in [2.45, 2.75) is 65.1 Å². The fourth-order valence-corrected chi connectivity index (χ4v) is 5.31. The first-order valence-electron chi connectivity index (χ1n) is 11.6. The molecule has 1 N–H and O–H groups in total. The molecule has 8 nitrogen and oxygen atoms in total. The number of benzene rings is 1. The minimum Gasteiger partial charge on any atom is -0.355 e. The lowest BCUT2D eigenvalue weighted by Gasteiger charge is -2.11. The van der Waals surface area contributed by atoms with Gasteiger partial charge < -0.3 is 4.98 Å². The number of rotatable bonds is 10. The number of fused-ring (bicyclic) bond motifs is 3. The summed E-state index contributed by atoms with van der Waals surface area (Å²) in [5.74, 6) is 0.468. The zero-order valence-corrected chi connectivity index (χ0v) is 20.8. The number of thioether (sulfide) groups is 1. The van der Waals surface area contributed by atoms with Gasteiger partial charge in [0.1, 0.15) is 0 Å². The molecule has 0 atom stereocenters. The van der Waals surface area contributed by atoms with Crippen LogP contribution in [0.2, 0.25) is 0 Å². The van der Waals surface area contributed by atoms with E-state index < -0.39 is 0 Å². The van der Waals surface area contributed by atoms with Crippen molar-refractivity contribution in [1.82, 2.24) is 24.1 Å². The van der Waals surface area contributed by atoms with Crippen LogP contribution < -0.4 is 5.56 Å². The zero-order valence-electron chi connectivity index (χ0n) is 20.0. The topological polar surface area (TPSA) is 102 Å². The number of unbranched alkanes of at least 4 members (excludes halogenated alkanes) is 2. The number of hydrogen-bond donors (Lipinski definition) is 1. The maximum Gasteiger partial charge on any atom is 0.262 e. The van der Waals surface area contributed by atoms with Crippen molar-refractivity contribution in [2.24, 2.45) is 0 Å². The van der Waals surface area contributed by atoms with Crippen LogP contribution in [0.25, 0.3) is 16.7 Å². The average molecular weight is 480 g/mol. The third-order valence-corrected chi connectivity index (χ3v) is 7.00. The highest BCUT2D eigenvalue weighted by Gasteiger charge is 2.23. The second kappa shape index (κ2) is 9.97. The van der Waals surface area contributed by atoms with Gasteiger partial charge in [0.2, 0.25) is 5.78 Å². The maximum atomic E-state index is 13.1. The van der Waals surface area contributed by atoms with Gasteiger partial charge in [0.05, 0.1) is 22.3 Å². The van der Waals surface area contributed by atoms with Gasteiger partial charge in [0.25, 0.3) is 5.56 Å². The molecule has 0 saturated carbocycles. The van der Waals surface area contributed by atoms with Gasteiger partial charge in [-0.2, -0.15) is 0 Å².